The fourth-order valence-corrected chi connectivity index (χ4v) is 1.76. The minimum Gasteiger partial charge on any atom is -0.345 e. The van der Waals surface area contributed by atoms with E-state index in [0.717, 1.165) is 6.54 Å². The van der Waals surface area contributed by atoms with Gasteiger partial charge in [0.25, 0.3) is 0 Å². The molecule has 0 aliphatic heterocycles. The Morgan fingerprint density at radius 2 is 2.14 bits per heavy atom. The van der Waals surface area contributed by atoms with Gasteiger partial charge in [0.2, 0.25) is 5.91 Å². The van der Waals surface area contributed by atoms with Crippen molar-refractivity contribution in [1.82, 2.24) is 10.6 Å². The van der Waals surface area contributed by atoms with Crippen LogP contribution < -0.4 is 10.6 Å². The van der Waals surface area contributed by atoms with Crippen LogP contribution in [0.15, 0.2) is 0 Å². The van der Waals surface area contributed by atoms with Gasteiger partial charge in [-0.1, -0.05) is 18.8 Å². The third kappa shape index (κ3) is 4.29. The summed E-state index contributed by atoms with van der Waals surface area (Å²) in [5.41, 5.74) is 0. The van der Waals surface area contributed by atoms with Gasteiger partial charge in [0, 0.05) is 19.0 Å². The Labute approximate surface area is 85.6 Å². The first-order valence-electron chi connectivity index (χ1n) is 5.26. The maximum Gasteiger partial charge on any atom is 0.222 e. The number of amides is 1. The van der Waals surface area contributed by atoms with Gasteiger partial charge in [-0.2, -0.15) is 0 Å². The van der Waals surface area contributed by atoms with Crippen molar-refractivity contribution >= 4 is 5.91 Å². The van der Waals surface area contributed by atoms with Crippen molar-refractivity contribution in [3.8, 4) is 12.3 Å². The van der Waals surface area contributed by atoms with E-state index in [4.69, 9.17) is 6.42 Å². The number of carbonyl (C=O) groups excluding carboxylic acids is 1. The number of hydrogen-bond donors (Lipinski definition) is 2. The van der Waals surface area contributed by atoms with E-state index in [1.54, 1.807) is 0 Å². The molecule has 0 unspecified atom stereocenters. The highest BCUT2D eigenvalue weighted by molar-refractivity contribution is 5.76. The molecule has 78 valence electrons. The molecule has 0 atom stereocenters. The lowest BCUT2D eigenvalue weighted by Gasteiger charge is -2.10. The molecule has 1 fully saturated rings. The molecule has 2 N–H and O–H groups in total. The highest BCUT2D eigenvalue weighted by Crippen LogP contribution is 2.17. The molecule has 0 bridgehead atoms. The topological polar surface area (TPSA) is 41.1 Å². The van der Waals surface area contributed by atoms with Crippen molar-refractivity contribution in [2.24, 2.45) is 0 Å². The van der Waals surface area contributed by atoms with Crippen LogP contribution in [0.5, 0.6) is 0 Å². The van der Waals surface area contributed by atoms with Crippen LogP contribution in [0, 0.1) is 12.3 Å². The number of nitrogens with one attached hydrogen (secondary N) is 2. The van der Waals surface area contributed by atoms with Crippen LogP contribution in [0.1, 0.15) is 32.1 Å². The zero-order valence-corrected chi connectivity index (χ0v) is 8.51. The van der Waals surface area contributed by atoms with Crippen LogP contribution in [-0.4, -0.2) is 25.0 Å². The Hall–Kier alpha value is -1.01. The molecule has 0 spiro atoms. The molecule has 1 amide bonds. The summed E-state index contributed by atoms with van der Waals surface area (Å²) in [4.78, 5) is 11.1. The first-order chi connectivity index (χ1) is 6.83. The molecule has 0 saturated heterocycles. The van der Waals surface area contributed by atoms with E-state index in [1.807, 2.05) is 0 Å². The van der Waals surface area contributed by atoms with Crippen molar-refractivity contribution in [2.75, 3.05) is 13.1 Å². The SMILES string of the molecule is C#CCNC(=O)CCNC1CCCC1. The van der Waals surface area contributed by atoms with E-state index in [-0.39, 0.29) is 5.91 Å². The molecule has 0 aromatic rings. The number of terminal acetylenes is 1. The first kappa shape index (κ1) is 11.1. The minimum absolute atomic E-state index is 0.0356. The second-order valence-electron chi connectivity index (χ2n) is 3.67. The molecule has 3 heteroatoms. The molecule has 0 aromatic heterocycles. The predicted molar refractivity (Wildman–Crippen MR) is 56.7 cm³/mol. The van der Waals surface area contributed by atoms with Crippen LogP contribution in [-0.2, 0) is 4.79 Å². The van der Waals surface area contributed by atoms with Gasteiger partial charge in [0.05, 0.1) is 6.54 Å². The zero-order chi connectivity index (χ0) is 10.2. The van der Waals surface area contributed by atoms with Crippen molar-refractivity contribution in [2.45, 2.75) is 38.1 Å². The number of carbonyl (C=O) groups is 1. The van der Waals surface area contributed by atoms with Crippen molar-refractivity contribution in [3.63, 3.8) is 0 Å². The van der Waals surface area contributed by atoms with E-state index in [2.05, 4.69) is 16.6 Å². The van der Waals surface area contributed by atoms with Crippen LogP contribution in [0.3, 0.4) is 0 Å². The molecule has 0 heterocycles. The fraction of sp³-hybridized carbons (Fsp3) is 0.727. The summed E-state index contributed by atoms with van der Waals surface area (Å²) < 4.78 is 0. The Morgan fingerprint density at radius 3 is 2.79 bits per heavy atom. The highest BCUT2D eigenvalue weighted by Gasteiger charge is 2.13. The number of rotatable bonds is 5. The van der Waals surface area contributed by atoms with Gasteiger partial charge in [-0.15, -0.1) is 6.42 Å². The van der Waals surface area contributed by atoms with Crippen LogP contribution in [0.2, 0.25) is 0 Å². The third-order valence-corrected chi connectivity index (χ3v) is 2.53. The lowest BCUT2D eigenvalue weighted by Crippen LogP contribution is -2.32. The largest absolute Gasteiger partial charge is 0.345 e. The third-order valence-electron chi connectivity index (χ3n) is 2.53. The van der Waals surface area contributed by atoms with Crippen molar-refractivity contribution in [1.29, 1.82) is 0 Å². The molecule has 0 aromatic carbocycles. The Kier molecular flexibility index (Phi) is 5.09. The van der Waals surface area contributed by atoms with Gasteiger partial charge < -0.3 is 10.6 Å². The van der Waals surface area contributed by atoms with Gasteiger partial charge in [-0.05, 0) is 12.8 Å². The average Bonchev–Trinajstić information content (AvgIpc) is 2.67. The molecule has 1 aliphatic carbocycles. The maximum absolute atomic E-state index is 11.1. The lowest BCUT2D eigenvalue weighted by molar-refractivity contribution is -0.120. The highest BCUT2D eigenvalue weighted by atomic mass is 16.1. The monoisotopic (exact) mass is 194 g/mol. The van der Waals surface area contributed by atoms with Gasteiger partial charge in [0.15, 0.2) is 0 Å². The van der Waals surface area contributed by atoms with Gasteiger partial charge in [0.1, 0.15) is 0 Å². The van der Waals surface area contributed by atoms with Gasteiger partial charge >= 0.3 is 0 Å². The maximum atomic E-state index is 11.1. The molecular weight excluding hydrogens is 176 g/mol. The quantitative estimate of drug-likeness (QED) is 0.631. The summed E-state index contributed by atoms with van der Waals surface area (Å²) in [6.45, 7) is 1.10. The summed E-state index contributed by atoms with van der Waals surface area (Å²) in [5, 5.41) is 6.02. The van der Waals surface area contributed by atoms with E-state index in [1.165, 1.54) is 25.7 Å². The molecule has 3 nitrogen and oxygen atoms in total. The Morgan fingerprint density at radius 1 is 1.43 bits per heavy atom. The Balaban J connectivity index is 1.97. The summed E-state index contributed by atoms with van der Waals surface area (Å²) in [7, 11) is 0. The zero-order valence-electron chi connectivity index (χ0n) is 8.51. The second-order valence-corrected chi connectivity index (χ2v) is 3.67. The predicted octanol–water partition coefficient (Wildman–Crippen LogP) is 0.658. The van der Waals surface area contributed by atoms with Crippen LogP contribution in [0.25, 0.3) is 0 Å². The molecule has 14 heavy (non-hydrogen) atoms. The lowest BCUT2D eigenvalue weighted by atomic mass is 10.2. The normalized spacial score (nSPS) is 16.5. The standard InChI is InChI=1S/C11H18N2O/c1-2-8-13-11(14)7-9-12-10-5-3-4-6-10/h1,10,12H,3-9H2,(H,13,14). The molecule has 1 saturated carbocycles. The van der Waals surface area contributed by atoms with Gasteiger partial charge in [-0.25, -0.2) is 0 Å². The van der Waals surface area contributed by atoms with Crippen LogP contribution >= 0.6 is 0 Å². The summed E-state index contributed by atoms with van der Waals surface area (Å²) in [6.07, 6.45) is 10.7. The second kappa shape index (κ2) is 6.44. The van der Waals surface area contributed by atoms with E-state index < -0.39 is 0 Å². The fourth-order valence-electron chi connectivity index (χ4n) is 1.76. The molecular formula is C11H18N2O. The summed E-state index contributed by atoms with van der Waals surface area (Å²) >= 11 is 0. The summed E-state index contributed by atoms with van der Waals surface area (Å²) in [5.74, 6) is 2.41. The van der Waals surface area contributed by atoms with Crippen molar-refractivity contribution < 1.29 is 4.79 Å². The van der Waals surface area contributed by atoms with E-state index in [0.29, 0.717) is 19.0 Å². The Bertz CT molecular complexity index is 214. The number of hydrogen-bond acceptors (Lipinski definition) is 2. The van der Waals surface area contributed by atoms with Gasteiger partial charge in [-0.3, -0.25) is 4.79 Å². The average molecular weight is 194 g/mol. The first-order valence-corrected chi connectivity index (χ1v) is 5.26. The smallest absolute Gasteiger partial charge is 0.222 e. The van der Waals surface area contributed by atoms with Crippen LogP contribution in [0.4, 0.5) is 0 Å². The minimum atomic E-state index is 0.0356. The summed E-state index contributed by atoms with van der Waals surface area (Å²) in [6, 6.07) is 0.635. The molecule has 1 aliphatic rings. The molecule has 0 radical (unpaired) electrons. The molecule has 1 rings (SSSR count). The van der Waals surface area contributed by atoms with E-state index >= 15 is 0 Å². The van der Waals surface area contributed by atoms with Crippen molar-refractivity contribution in [3.05, 3.63) is 0 Å². The van der Waals surface area contributed by atoms with E-state index in [9.17, 15) is 4.79 Å².